The van der Waals surface area contributed by atoms with Crippen LogP contribution in [0.25, 0.3) is 0 Å². The fourth-order valence-electron chi connectivity index (χ4n) is 0.302. The molecule has 1 heteroatoms. The van der Waals surface area contributed by atoms with E-state index in [1.165, 1.54) is 0 Å². The standard InChI is InChI=1S/C5H11N.H2/c1-4-6-5(2)3;/h6H,2,4H2,1,3H3;1H. The van der Waals surface area contributed by atoms with Crippen molar-refractivity contribution in [2.75, 3.05) is 6.54 Å². The van der Waals surface area contributed by atoms with E-state index in [0.29, 0.717) is 0 Å². The summed E-state index contributed by atoms with van der Waals surface area (Å²) < 4.78 is 0. The number of nitrogens with one attached hydrogen (secondary N) is 1. The van der Waals surface area contributed by atoms with Crippen molar-refractivity contribution in [3.63, 3.8) is 0 Å². The van der Waals surface area contributed by atoms with Gasteiger partial charge < -0.3 is 5.32 Å². The van der Waals surface area contributed by atoms with E-state index in [1.807, 2.05) is 6.92 Å². The Hall–Kier alpha value is -0.460. The smallest absolute Gasteiger partial charge is 0.0115 e. The molecule has 1 nitrogen and oxygen atoms in total. The lowest BCUT2D eigenvalue weighted by atomic mass is 10.5. The summed E-state index contributed by atoms with van der Waals surface area (Å²) in [6.07, 6.45) is 0. The first-order valence-electron chi connectivity index (χ1n) is 2.16. The van der Waals surface area contributed by atoms with E-state index in [9.17, 15) is 0 Å². The number of allylic oxidation sites excluding steroid dienone is 1. The second kappa shape index (κ2) is 2.76. The van der Waals surface area contributed by atoms with Crippen LogP contribution in [0.2, 0.25) is 0 Å². The van der Waals surface area contributed by atoms with E-state index >= 15 is 0 Å². The molecule has 0 rings (SSSR count). The van der Waals surface area contributed by atoms with Crippen LogP contribution < -0.4 is 5.32 Å². The van der Waals surface area contributed by atoms with Crippen LogP contribution in [0.1, 0.15) is 15.3 Å². The Bertz CT molecular complexity index is 52.0. The third kappa shape index (κ3) is 3.54. The van der Waals surface area contributed by atoms with Crippen LogP contribution in [0, 0.1) is 0 Å². The molecule has 0 atom stereocenters. The summed E-state index contributed by atoms with van der Waals surface area (Å²) in [4.78, 5) is 0. The SMILES string of the molecule is C=C(C)NCC.[HH]. The molecule has 38 valence electrons. The molecule has 0 aliphatic rings. The fourth-order valence-corrected chi connectivity index (χ4v) is 0.302. The van der Waals surface area contributed by atoms with Crippen LogP contribution in [0.15, 0.2) is 12.3 Å². The molecule has 0 saturated heterocycles. The van der Waals surface area contributed by atoms with E-state index in [-0.39, 0.29) is 1.43 Å². The Morgan fingerprint density at radius 2 is 2.50 bits per heavy atom. The molecule has 0 saturated carbocycles. The molecule has 0 fully saturated rings. The molecule has 0 heterocycles. The zero-order valence-corrected chi connectivity index (χ0v) is 4.41. The topological polar surface area (TPSA) is 12.0 Å². The highest BCUT2D eigenvalue weighted by atomic mass is 14.8. The minimum Gasteiger partial charge on any atom is -0.389 e. The Kier molecular flexibility index (Phi) is 2.55. The molecule has 0 aliphatic carbocycles. The Balaban J connectivity index is 0. The van der Waals surface area contributed by atoms with E-state index in [4.69, 9.17) is 0 Å². The average molecular weight is 87.2 g/mol. The summed E-state index contributed by atoms with van der Waals surface area (Å²) in [6.45, 7) is 8.61. The number of rotatable bonds is 2. The highest BCUT2D eigenvalue weighted by Gasteiger charge is 1.70. The first-order valence-corrected chi connectivity index (χ1v) is 2.16. The maximum Gasteiger partial charge on any atom is 0.0115 e. The first-order chi connectivity index (χ1) is 2.77. The molecule has 1 N–H and O–H groups in total. The van der Waals surface area contributed by atoms with Crippen LogP contribution in [0.5, 0.6) is 0 Å². The van der Waals surface area contributed by atoms with Crippen molar-refractivity contribution in [3.8, 4) is 0 Å². The molecule has 0 aliphatic heterocycles. The van der Waals surface area contributed by atoms with Gasteiger partial charge in [0.15, 0.2) is 0 Å². The van der Waals surface area contributed by atoms with Crippen molar-refractivity contribution >= 4 is 0 Å². The zero-order chi connectivity index (χ0) is 4.99. The summed E-state index contributed by atoms with van der Waals surface area (Å²) >= 11 is 0. The molecular weight excluding hydrogens is 74.1 g/mol. The van der Waals surface area contributed by atoms with Crippen LogP contribution in [0.4, 0.5) is 0 Å². The monoisotopic (exact) mass is 87.1 g/mol. The first kappa shape index (κ1) is 5.54. The summed E-state index contributed by atoms with van der Waals surface area (Å²) in [7, 11) is 0. The summed E-state index contributed by atoms with van der Waals surface area (Å²) in [5, 5.41) is 3.01. The van der Waals surface area contributed by atoms with Gasteiger partial charge in [0, 0.05) is 13.7 Å². The van der Waals surface area contributed by atoms with E-state index in [2.05, 4.69) is 18.8 Å². The summed E-state index contributed by atoms with van der Waals surface area (Å²) in [5.41, 5.74) is 1.04. The molecule has 0 aromatic heterocycles. The predicted octanol–water partition coefficient (Wildman–Crippen LogP) is 1.38. The Morgan fingerprint density at radius 1 is 2.00 bits per heavy atom. The van der Waals surface area contributed by atoms with Crippen molar-refractivity contribution in [1.82, 2.24) is 5.32 Å². The zero-order valence-electron chi connectivity index (χ0n) is 4.41. The Morgan fingerprint density at radius 3 is 2.50 bits per heavy atom. The average Bonchev–Trinajstić information content (AvgIpc) is 1.35. The van der Waals surface area contributed by atoms with E-state index in [0.717, 1.165) is 12.2 Å². The van der Waals surface area contributed by atoms with Gasteiger partial charge in [-0.25, -0.2) is 0 Å². The Labute approximate surface area is 40.5 Å². The third-order valence-corrected chi connectivity index (χ3v) is 0.479. The third-order valence-electron chi connectivity index (χ3n) is 0.479. The second-order valence-corrected chi connectivity index (χ2v) is 1.31. The number of hydrogen-bond donors (Lipinski definition) is 1. The lowest BCUT2D eigenvalue weighted by Gasteiger charge is -1.95. The van der Waals surface area contributed by atoms with Gasteiger partial charge in [-0.3, -0.25) is 0 Å². The summed E-state index contributed by atoms with van der Waals surface area (Å²) in [6, 6.07) is 0. The summed E-state index contributed by atoms with van der Waals surface area (Å²) in [5.74, 6) is 0. The van der Waals surface area contributed by atoms with Crippen molar-refractivity contribution in [3.05, 3.63) is 12.3 Å². The van der Waals surface area contributed by atoms with Gasteiger partial charge in [0.2, 0.25) is 0 Å². The molecule has 6 heavy (non-hydrogen) atoms. The number of hydrogen-bond acceptors (Lipinski definition) is 1. The van der Waals surface area contributed by atoms with Crippen molar-refractivity contribution in [2.24, 2.45) is 0 Å². The van der Waals surface area contributed by atoms with Crippen LogP contribution in [0.3, 0.4) is 0 Å². The van der Waals surface area contributed by atoms with E-state index < -0.39 is 0 Å². The highest BCUT2D eigenvalue weighted by Crippen LogP contribution is 1.72. The largest absolute Gasteiger partial charge is 0.389 e. The second-order valence-electron chi connectivity index (χ2n) is 1.31. The molecular formula is C5H13N. The van der Waals surface area contributed by atoms with Gasteiger partial charge in [-0.1, -0.05) is 6.58 Å². The van der Waals surface area contributed by atoms with Gasteiger partial charge >= 0.3 is 0 Å². The van der Waals surface area contributed by atoms with Crippen LogP contribution in [-0.2, 0) is 0 Å². The highest BCUT2D eigenvalue weighted by molar-refractivity contribution is 4.82. The molecule has 0 spiro atoms. The van der Waals surface area contributed by atoms with E-state index in [1.54, 1.807) is 0 Å². The van der Waals surface area contributed by atoms with Crippen molar-refractivity contribution in [1.29, 1.82) is 0 Å². The van der Waals surface area contributed by atoms with Gasteiger partial charge in [-0.05, 0) is 13.8 Å². The lowest BCUT2D eigenvalue weighted by Crippen LogP contribution is -2.07. The van der Waals surface area contributed by atoms with Crippen LogP contribution >= 0.6 is 0 Å². The fraction of sp³-hybridized carbons (Fsp3) is 0.600. The predicted molar refractivity (Wildman–Crippen MR) is 30.6 cm³/mol. The molecule has 0 radical (unpaired) electrons. The minimum atomic E-state index is 0. The van der Waals surface area contributed by atoms with Crippen molar-refractivity contribution < 1.29 is 1.43 Å². The molecule has 0 bridgehead atoms. The quantitative estimate of drug-likeness (QED) is 0.536. The molecule has 0 amide bonds. The van der Waals surface area contributed by atoms with Gasteiger partial charge in [0.25, 0.3) is 0 Å². The van der Waals surface area contributed by atoms with Gasteiger partial charge in [0.05, 0.1) is 0 Å². The van der Waals surface area contributed by atoms with Gasteiger partial charge in [0.1, 0.15) is 0 Å². The van der Waals surface area contributed by atoms with Gasteiger partial charge in [-0.15, -0.1) is 0 Å². The minimum absolute atomic E-state index is 0. The maximum absolute atomic E-state index is 3.63. The van der Waals surface area contributed by atoms with Crippen molar-refractivity contribution in [2.45, 2.75) is 13.8 Å². The maximum atomic E-state index is 3.63. The normalized spacial score (nSPS) is 7.67. The van der Waals surface area contributed by atoms with Gasteiger partial charge in [-0.2, -0.15) is 0 Å². The molecule has 0 aromatic rings. The molecule has 0 aromatic carbocycles. The molecule has 0 unspecified atom stereocenters. The van der Waals surface area contributed by atoms with Crippen LogP contribution in [-0.4, -0.2) is 6.54 Å². The lowest BCUT2D eigenvalue weighted by molar-refractivity contribution is 0.859.